The van der Waals surface area contributed by atoms with E-state index < -0.39 is 5.60 Å². The van der Waals surface area contributed by atoms with Crippen LogP contribution < -0.4 is 10.6 Å². The van der Waals surface area contributed by atoms with Gasteiger partial charge in [-0.15, -0.1) is 0 Å². The van der Waals surface area contributed by atoms with Crippen molar-refractivity contribution in [1.29, 1.82) is 0 Å². The molecule has 0 fully saturated rings. The van der Waals surface area contributed by atoms with E-state index >= 15 is 0 Å². The maximum Gasteiger partial charge on any atom is 0.410 e. The molecule has 2 N–H and O–H groups in total. The average molecular weight is 428 g/mol. The van der Waals surface area contributed by atoms with Crippen molar-refractivity contribution in [3.63, 3.8) is 0 Å². The first-order valence-electron chi connectivity index (χ1n) is 10.1. The van der Waals surface area contributed by atoms with Gasteiger partial charge < -0.3 is 15.4 Å². The van der Waals surface area contributed by atoms with Crippen molar-refractivity contribution in [1.82, 2.24) is 25.0 Å². The number of nitrogens with zero attached hydrogens (tertiary/aromatic N) is 4. The number of ether oxygens (including phenoxy) is 1. The van der Waals surface area contributed by atoms with Crippen LogP contribution in [-0.4, -0.2) is 49.2 Å². The predicted molar refractivity (Wildman–Crippen MR) is 113 cm³/mol. The quantitative estimate of drug-likeness (QED) is 0.771. The third-order valence-corrected chi connectivity index (χ3v) is 4.61. The molecule has 3 heterocycles. The maximum absolute atomic E-state index is 12.6. The summed E-state index contributed by atoms with van der Waals surface area (Å²) in [4.78, 5) is 41.9. The molecule has 0 saturated carbocycles. The van der Waals surface area contributed by atoms with Crippen LogP contribution in [0.25, 0.3) is 0 Å². The van der Waals surface area contributed by atoms with Crippen LogP contribution in [-0.2, 0) is 29.2 Å². The number of carbonyl (C=O) groups excluding carboxylic acids is 3. The van der Waals surface area contributed by atoms with E-state index in [0.29, 0.717) is 18.9 Å². The summed E-state index contributed by atoms with van der Waals surface area (Å²) in [6.07, 6.45) is 1.21. The number of hydrogen-bond donors (Lipinski definition) is 2. The minimum absolute atomic E-state index is 0.105. The Balaban J connectivity index is 1.61. The molecule has 0 bridgehead atoms. The first kappa shape index (κ1) is 22.3. The molecule has 10 heteroatoms. The van der Waals surface area contributed by atoms with Gasteiger partial charge in [0.1, 0.15) is 11.4 Å². The summed E-state index contributed by atoms with van der Waals surface area (Å²) in [6.45, 7) is 9.90. The van der Waals surface area contributed by atoms with E-state index in [-0.39, 0.29) is 36.2 Å². The van der Waals surface area contributed by atoms with E-state index in [1.54, 1.807) is 34.0 Å². The van der Waals surface area contributed by atoms with Crippen LogP contribution in [0.2, 0.25) is 0 Å². The third kappa shape index (κ3) is 5.80. The molecule has 10 nitrogen and oxygen atoms in total. The molecular formula is C21H28N6O4. The summed E-state index contributed by atoms with van der Waals surface area (Å²) in [5.74, 6) is -0.0609. The summed E-state index contributed by atoms with van der Waals surface area (Å²) in [5, 5.41) is 9.80. The highest BCUT2D eigenvalue weighted by atomic mass is 16.6. The lowest BCUT2D eigenvalue weighted by molar-refractivity contribution is -0.114. The van der Waals surface area contributed by atoms with E-state index in [9.17, 15) is 14.4 Å². The highest BCUT2D eigenvalue weighted by molar-refractivity contribution is 5.92. The summed E-state index contributed by atoms with van der Waals surface area (Å²) in [6, 6.07) is 5.03. The Bertz CT molecular complexity index is 977. The number of anilines is 1. The second kappa shape index (κ2) is 8.75. The lowest BCUT2D eigenvalue weighted by Crippen LogP contribution is -2.46. The van der Waals surface area contributed by atoms with Crippen molar-refractivity contribution in [3.05, 3.63) is 41.3 Å². The summed E-state index contributed by atoms with van der Waals surface area (Å²) < 4.78 is 7.24. The van der Waals surface area contributed by atoms with Gasteiger partial charge in [-0.2, -0.15) is 5.10 Å². The van der Waals surface area contributed by atoms with E-state index in [0.717, 1.165) is 11.3 Å². The van der Waals surface area contributed by atoms with Crippen molar-refractivity contribution < 1.29 is 19.1 Å². The minimum Gasteiger partial charge on any atom is -0.444 e. The molecule has 0 aromatic carbocycles. The Hall–Kier alpha value is -3.43. The number of rotatable bonds is 4. The fourth-order valence-corrected chi connectivity index (χ4v) is 3.15. The Morgan fingerprint density at radius 2 is 2.00 bits per heavy atom. The molecule has 0 saturated heterocycles. The predicted octanol–water partition coefficient (Wildman–Crippen LogP) is 2.31. The molecule has 3 amide bonds. The molecule has 31 heavy (non-hydrogen) atoms. The van der Waals surface area contributed by atoms with Gasteiger partial charge in [-0.1, -0.05) is 6.07 Å². The molecule has 1 aliphatic rings. The summed E-state index contributed by atoms with van der Waals surface area (Å²) in [5.41, 5.74) is 1.28. The second-order valence-corrected chi connectivity index (χ2v) is 8.58. The van der Waals surface area contributed by atoms with Crippen LogP contribution in [0.15, 0.2) is 24.4 Å². The van der Waals surface area contributed by atoms with Crippen molar-refractivity contribution in [2.24, 2.45) is 0 Å². The van der Waals surface area contributed by atoms with E-state index in [4.69, 9.17) is 4.74 Å². The first-order valence-corrected chi connectivity index (χ1v) is 10.1. The zero-order valence-corrected chi connectivity index (χ0v) is 18.4. The van der Waals surface area contributed by atoms with Crippen LogP contribution >= 0.6 is 0 Å². The van der Waals surface area contributed by atoms with E-state index in [1.165, 1.54) is 6.92 Å². The van der Waals surface area contributed by atoms with Gasteiger partial charge in [0.2, 0.25) is 5.91 Å². The number of amides is 3. The summed E-state index contributed by atoms with van der Waals surface area (Å²) in [7, 11) is 0. The third-order valence-electron chi connectivity index (χ3n) is 4.61. The van der Waals surface area contributed by atoms with Crippen LogP contribution in [0.3, 0.4) is 0 Å². The van der Waals surface area contributed by atoms with Crippen molar-refractivity contribution in [2.45, 2.75) is 65.9 Å². The topological polar surface area (TPSA) is 118 Å². The number of hydrogen-bond acceptors (Lipinski definition) is 6. The van der Waals surface area contributed by atoms with Crippen molar-refractivity contribution in [3.8, 4) is 0 Å². The van der Waals surface area contributed by atoms with Crippen LogP contribution in [0.5, 0.6) is 0 Å². The van der Waals surface area contributed by atoms with Crippen molar-refractivity contribution in [2.75, 3.05) is 5.32 Å². The standard InChI is InChI=1S/C21H28N6O4/c1-13-11-27-16(12-26(13)20(30)31-21(3,4)5)8-17(25-27)19(29)23-10-15-6-7-18(22-9-15)24-14(2)28/h6-9,13H,10-12H2,1-5H3,(H,23,29)(H,22,24,28). The number of carbonyl (C=O) groups is 3. The van der Waals surface area contributed by atoms with Crippen molar-refractivity contribution >= 4 is 23.7 Å². The van der Waals surface area contributed by atoms with Gasteiger partial charge in [-0.3, -0.25) is 19.2 Å². The fourth-order valence-electron chi connectivity index (χ4n) is 3.15. The molecule has 166 valence electrons. The minimum atomic E-state index is -0.575. The SMILES string of the molecule is CC(=O)Nc1ccc(CNC(=O)c2cc3n(n2)CC(C)N(C(=O)OC(C)(C)C)C3)cn1. The molecule has 3 rings (SSSR count). The van der Waals surface area contributed by atoms with Gasteiger partial charge in [-0.25, -0.2) is 9.78 Å². The molecular weight excluding hydrogens is 400 g/mol. The van der Waals surface area contributed by atoms with Gasteiger partial charge in [0, 0.05) is 19.7 Å². The molecule has 0 spiro atoms. The smallest absolute Gasteiger partial charge is 0.410 e. The van der Waals surface area contributed by atoms with E-state index in [1.807, 2.05) is 27.7 Å². The molecule has 1 unspecified atom stereocenters. The average Bonchev–Trinajstić information content (AvgIpc) is 3.07. The normalized spacial score (nSPS) is 15.8. The maximum atomic E-state index is 12.6. The lowest BCUT2D eigenvalue weighted by Gasteiger charge is -2.35. The monoisotopic (exact) mass is 428 g/mol. The second-order valence-electron chi connectivity index (χ2n) is 8.58. The lowest BCUT2D eigenvalue weighted by atomic mass is 10.2. The molecule has 2 aromatic rings. The van der Waals surface area contributed by atoms with E-state index in [2.05, 4.69) is 20.7 Å². The van der Waals surface area contributed by atoms with Gasteiger partial charge in [0.15, 0.2) is 5.69 Å². The largest absolute Gasteiger partial charge is 0.444 e. The van der Waals surface area contributed by atoms with Crippen LogP contribution in [0.4, 0.5) is 10.6 Å². The number of aromatic nitrogens is 3. The molecule has 1 atom stereocenters. The van der Waals surface area contributed by atoms with Gasteiger partial charge in [-0.05, 0) is 45.4 Å². The fraction of sp³-hybridized carbons (Fsp3) is 0.476. The molecule has 0 radical (unpaired) electrons. The van der Waals surface area contributed by atoms with Crippen LogP contribution in [0.1, 0.15) is 56.4 Å². The summed E-state index contributed by atoms with van der Waals surface area (Å²) >= 11 is 0. The first-order chi connectivity index (χ1) is 14.5. The van der Waals surface area contributed by atoms with Gasteiger partial charge in [0.05, 0.1) is 24.8 Å². The molecule has 0 aliphatic carbocycles. The Kier molecular flexibility index (Phi) is 6.28. The number of fused-ring (bicyclic) bond motifs is 1. The number of nitrogens with one attached hydrogen (secondary N) is 2. The Labute approximate surface area is 181 Å². The molecule has 1 aliphatic heterocycles. The number of pyridine rings is 1. The van der Waals surface area contributed by atoms with Gasteiger partial charge in [0.25, 0.3) is 5.91 Å². The van der Waals surface area contributed by atoms with Gasteiger partial charge >= 0.3 is 6.09 Å². The Morgan fingerprint density at radius 3 is 2.61 bits per heavy atom. The highest BCUT2D eigenvalue weighted by Crippen LogP contribution is 2.21. The highest BCUT2D eigenvalue weighted by Gasteiger charge is 2.32. The zero-order chi connectivity index (χ0) is 22.8. The zero-order valence-electron chi connectivity index (χ0n) is 18.4. The molecule has 2 aromatic heterocycles. The Morgan fingerprint density at radius 1 is 1.26 bits per heavy atom. The van der Waals surface area contributed by atoms with Crippen LogP contribution in [0, 0.1) is 0 Å².